The zero-order valence-corrected chi connectivity index (χ0v) is 18.0. The maximum absolute atomic E-state index is 12.8. The van der Waals surface area contributed by atoms with Gasteiger partial charge in [-0.3, -0.25) is 14.1 Å². The molecule has 9 heteroatoms. The molecule has 0 aromatic rings. The van der Waals surface area contributed by atoms with Gasteiger partial charge in [0.15, 0.2) is 11.6 Å². The van der Waals surface area contributed by atoms with E-state index in [1.54, 1.807) is 19.1 Å². The highest BCUT2D eigenvalue weighted by Crippen LogP contribution is 2.67. The van der Waals surface area contributed by atoms with Crippen molar-refractivity contribution in [3.8, 4) is 0 Å². The fourth-order valence-corrected chi connectivity index (χ4v) is 7.34. The molecule has 0 radical (unpaired) electrons. The summed E-state index contributed by atoms with van der Waals surface area (Å²) in [4.78, 5) is 42.5. The molecule has 4 aliphatic carbocycles. The van der Waals surface area contributed by atoms with Gasteiger partial charge in [-0.05, 0) is 56.1 Å². The van der Waals surface area contributed by atoms with Crippen molar-refractivity contribution in [2.45, 2.75) is 57.7 Å². The van der Waals surface area contributed by atoms with Crippen LogP contribution in [-0.2, 0) is 18.7 Å². The third-order valence-electron chi connectivity index (χ3n) is 8.47. The predicted molar refractivity (Wildman–Crippen MR) is 106 cm³/mol. The molecular weight excluding hydrogens is 411 g/mol. The van der Waals surface area contributed by atoms with Crippen molar-refractivity contribution in [1.29, 1.82) is 0 Å². The van der Waals surface area contributed by atoms with Gasteiger partial charge in [0.2, 0.25) is 0 Å². The van der Waals surface area contributed by atoms with Crippen LogP contribution in [0.1, 0.15) is 46.0 Å². The number of allylic oxidation sites excluding steroid dienone is 4. The maximum atomic E-state index is 12.8. The molecule has 3 saturated carbocycles. The van der Waals surface area contributed by atoms with Gasteiger partial charge in [0, 0.05) is 16.7 Å². The predicted octanol–water partition coefficient (Wildman–Crippen LogP) is 1.67. The summed E-state index contributed by atoms with van der Waals surface area (Å²) in [6, 6.07) is 0. The van der Waals surface area contributed by atoms with E-state index < -0.39 is 42.7 Å². The van der Waals surface area contributed by atoms with E-state index in [9.17, 15) is 24.4 Å². The Kier molecular flexibility index (Phi) is 5.09. The second-order valence-electron chi connectivity index (χ2n) is 9.80. The summed E-state index contributed by atoms with van der Waals surface area (Å²) in [5, 5.41) is 22.6. The first-order valence-electron chi connectivity index (χ1n) is 10.4. The molecule has 0 amide bonds. The number of Topliss-reactive ketones (excluding diaryl/α,β-unsaturated/α-hetero) is 1. The van der Waals surface area contributed by atoms with Gasteiger partial charge >= 0.3 is 7.82 Å². The molecule has 7 atom stereocenters. The second kappa shape index (κ2) is 6.92. The number of carbonyl (C=O) groups is 2. The Balaban J connectivity index is 1.65. The molecule has 0 bridgehead atoms. The zero-order valence-electron chi connectivity index (χ0n) is 17.2. The molecule has 0 spiro atoms. The van der Waals surface area contributed by atoms with E-state index in [1.165, 1.54) is 0 Å². The average Bonchev–Trinajstić information content (AvgIpc) is 2.91. The number of ketones is 2. The Morgan fingerprint density at radius 3 is 2.67 bits per heavy atom. The minimum absolute atomic E-state index is 0.0284. The summed E-state index contributed by atoms with van der Waals surface area (Å²) >= 11 is 0. The topological polar surface area (TPSA) is 141 Å². The van der Waals surface area contributed by atoms with E-state index in [4.69, 9.17) is 9.79 Å². The molecule has 0 aromatic heterocycles. The summed E-state index contributed by atoms with van der Waals surface area (Å²) in [6.45, 7) is 2.97. The Bertz CT molecular complexity index is 889. The van der Waals surface area contributed by atoms with Crippen LogP contribution < -0.4 is 0 Å². The van der Waals surface area contributed by atoms with Crippen LogP contribution in [0.5, 0.6) is 0 Å². The molecule has 8 nitrogen and oxygen atoms in total. The second-order valence-corrected chi connectivity index (χ2v) is 11.0. The first kappa shape index (κ1) is 22.1. The first-order valence-corrected chi connectivity index (χ1v) is 11.9. The summed E-state index contributed by atoms with van der Waals surface area (Å²) in [6.07, 6.45) is 6.76. The van der Waals surface area contributed by atoms with Crippen LogP contribution in [-0.4, -0.2) is 49.9 Å². The molecule has 0 heterocycles. The average molecular weight is 440 g/mol. The monoisotopic (exact) mass is 440 g/mol. The van der Waals surface area contributed by atoms with Crippen molar-refractivity contribution < 1.29 is 38.7 Å². The lowest BCUT2D eigenvalue weighted by Gasteiger charge is -2.59. The number of phosphoric acid groups is 1. The number of rotatable bonds is 4. The summed E-state index contributed by atoms with van der Waals surface area (Å²) < 4.78 is 15.4. The standard InChI is InChI=1S/C21H29O8P/c1-19-7-5-13(22)9-12(19)3-4-14-15-6-8-21(25,17(24)11-29-30(26,27)28)20(15,2)10-16(23)18(14)19/h5,7,9,14-16,18,23,25H,3-4,6,8,10-11H2,1-2H3,(H2,26,27,28)/t14?,15?,16?,18?,19-,20-,21-/m0/s1. The number of fused-ring (bicyclic) bond motifs is 5. The molecule has 30 heavy (non-hydrogen) atoms. The van der Waals surface area contributed by atoms with Crippen LogP contribution in [0.15, 0.2) is 23.8 Å². The molecule has 0 aliphatic heterocycles. The number of phosphoric ester groups is 1. The Labute approximate surface area is 175 Å². The third-order valence-corrected chi connectivity index (χ3v) is 8.94. The summed E-state index contributed by atoms with van der Waals surface area (Å²) in [7, 11) is -4.84. The fourth-order valence-electron chi connectivity index (χ4n) is 7.05. The van der Waals surface area contributed by atoms with E-state index in [2.05, 4.69) is 4.52 Å². The van der Waals surface area contributed by atoms with Crippen LogP contribution in [0.4, 0.5) is 0 Å². The molecular formula is C21H29O8P. The molecule has 4 rings (SSSR count). The van der Waals surface area contributed by atoms with Crippen LogP contribution >= 0.6 is 7.82 Å². The highest BCUT2D eigenvalue weighted by Gasteiger charge is 2.68. The van der Waals surface area contributed by atoms with Crippen LogP contribution in [0, 0.1) is 28.6 Å². The first-order chi connectivity index (χ1) is 13.8. The van der Waals surface area contributed by atoms with Gasteiger partial charge in [0.25, 0.3) is 0 Å². The van der Waals surface area contributed by atoms with Gasteiger partial charge in [-0.25, -0.2) is 4.57 Å². The highest BCUT2D eigenvalue weighted by molar-refractivity contribution is 7.46. The van der Waals surface area contributed by atoms with Gasteiger partial charge < -0.3 is 20.0 Å². The quantitative estimate of drug-likeness (QED) is 0.484. The number of aliphatic hydroxyl groups is 2. The maximum Gasteiger partial charge on any atom is 0.470 e. The molecule has 0 saturated heterocycles. The molecule has 4 aliphatic rings. The molecule has 3 fully saturated rings. The van der Waals surface area contributed by atoms with Gasteiger partial charge in [-0.2, -0.15) is 0 Å². The smallest absolute Gasteiger partial charge is 0.393 e. The van der Waals surface area contributed by atoms with Crippen LogP contribution in [0.3, 0.4) is 0 Å². The lowest BCUT2D eigenvalue weighted by atomic mass is 9.46. The molecule has 4 unspecified atom stereocenters. The SMILES string of the molecule is C[C@]12C=CC(=O)C=C1CCC1C2C(O)C[C@@]2(C)C1CC[C@]2(O)C(=O)COP(=O)(O)O. The van der Waals surface area contributed by atoms with E-state index in [1.807, 2.05) is 13.0 Å². The van der Waals surface area contributed by atoms with E-state index in [0.29, 0.717) is 6.42 Å². The molecule has 166 valence electrons. The number of hydrogen-bond acceptors (Lipinski definition) is 6. The third kappa shape index (κ3) is 3.12. The van der Waals surface area contributed by atoms with Crippen molar-refractivity contribution >= 4 is 19.4 Å². The number of aliphatic hydroxyl groups excluding tert-OH is 1. The van der Waals surface area contributed by atoms with Crippen molar-refractivity contribution in [3.05, 3.63) is 23.8 Å². The van der Waals surface area contributed by atoms with Crippen molar-refractivity contribution in [1.82, 2.24) is 0 Å². The zero-order chi connectivity index (χ0) is 22.1. The van der Waals surface area contributed by atoms with E-state index in [-0.39, 0.29) is 36.4 Å². The lowest BCUT2D eigenvalue weighted by molar-refractivity contribution is -0.178. The van der Waals surface area contributed by atoms with Crippen molar-refractivity contribution in [3.63, 3.8) is 0 Å². The van der Waals surface area contributed by atoms with Crippen LogP contribution in [0.2, 0.25) is 0 Å². The Morgan fingerprint density at radius 2 is 2.00 bits per heavy atom. The summed E-state index contributed by atoms with van der Waals surface area (Å²) in [5.74, 6) is -0.888. The van der Waals surface area contributed by atoms with Gasteiger partial charge in [-0.1, -0.05) is 25.5 Å². The van der Waals surface area contributed by atoms with E-state index in [0.717, 1.165) is 18.4 Å². The normalized spacial score (nSPS) is 45.4. The number of hydrogen-bond donors (Lipinski definition) is 4. The lowest BCUT2D eigenvalue weighted by Crippen LogP contribution is -2.61. The molecule has 4 N–H and O–H groups in total. The van der Waals surface area contributed by atoms with Crippen LogP contribution in [0.25, 0.3) is 0 Å². The van der Waals surface area contributed by atoms with Gasteiger partial charge in [0.05, 0.1) is 6.10 Å². The molecule has 0 aromatic carbocycles. The minimum atomic E-state index is -4.84. The Morgan fingerprint density at radius 1 is 1.30 bits per heavy atom. The van der Waals surface area contributed by atoms with Gasteiger partial charge in [-0.15, -0.1) is 0 Å². The summed E-state index contributed by atoms with van der Waals surface area (Å²) in [5.41, 5.74) is -2.15. The largest absolute Gasteiger partial charge is 0.470 e. The Hall–Kier alpha value is -1.15. The highest BCUT2D eigenvalue weighted by atomic mass is 31.2. The van der Waals surface area contributed by atoms with Crippen molar-refractivity contribution in [2.75, 3.05) is 6.61 Å². The minimum Gasteiger partial charge on any atom is -0.393 e. The fraction of sp³-hybridized carbons (Fsp3) is 0.714. The number of carbonyl (C=O) groups excluding carboxylic acids is 2. The van der Waals surface area contributed by atoms with Crippen molar-refractivity contribution in [2.24, 2.45) is 28.6 Å². The van der Waals surface area contributed by atoms with Gasteiger partial charge in [0.1, 0.15) is 12.2 Å². The van der Waals surface area contributed by atoms with E-state index >= 15 is 0 Å².